The summed E-state index contributed by atoms with van der Waals surface area (Å²) >= 11 is 0. The standard InChI is InChI=1S/C21H32N2O3/c1-14-10-8-9-11-15(14)17-16(18(24)22-13-20(2,3)4)12-21(5,23(17)6)19(25)26-7/h8-11,16-17H,12-13H2,1-7H3,(H,22,24)/t16-,17-,21-/m0/s1. The predicted molar refractivity (Wildman–Crippen MR) is 103 cm³/mol. The summed E-state index contributed by atoms with van der Waals surface area (Å²) in [5.41, 5.74) is 1.38. The maximum absolute atomic E-state index is 13.0. The zero-order valence-electron chi connectivity index (χ0n) is 17.1. The summed E-state index contributed by atoms with van der Waals surface area (Å²) in [6, 6.07) is 7.89. The van der Waals surface area contributed by atoms with Gasteiger partial charge in [0.2, 0.25) is 5.91 Å². The molecule has 1 aromatic carbocycles. The molecule has 0 spiro atoms. The molecule has 0 saturated carbocycles. The molecule has 5 nitrogen and oxygen atoms in total. The van der Waals surface area contributed by atoms with Gasteiger partial charge in [0.1, 0.15) is 5.54 Å². The van der Waals surface area contributed by atoms with Gasteiger partial charge in [0, 0.05) is 12.6 Å². The quantitative estimate of drug-likeness (QED) is 0.839. The van der Waals surface area contributed by atoms with Gasteiger partial charge in [0.15, 0.2) is 0 Å². The molecule has 1 aliphatic heterocycles. The minimum atomic E-state index is -0.828. The lowest BCUT2D eigenvalue weighted by atomic mass is 9.87. The summed E-state index contributed by atoms with van der Waals surface area (Å²) in [6.45, 7) is 10.8. The Morgan fingerprint density at radius 2 is 1.92 bits per heavy atom. The molecule has 26 heavy (non-hydrogen) atoms. The first-order valence-electron chi connectivity index (χ1n) is 9.16. The van der Waals surface area contributed by atoms with Crippen molar-refractivity contribution in [2.24, 2.45) is 11.3 Å². The van der Waals surface area contributed by atoms with Crippen LogP contribution in [0, 0.1) is 18.3 Å². The van der Waals surface area contributed by atoms with E-state index in [0.29, 0.717) is 13.0 Å². The van der Waals surface area contributed by atoms with Gasteiger partial charge in [-0.25, -0.2) is 0 Å². The average molecular weight is 360 g/mol. The summed E-state index contributed by atoms with van der Waals surface area (Å²) in [4.78, 5) is 27.5. The van der Waals surface area contributed by atoms with Crippen molar-refractivity contribution in [1.82, 2.24) is 10.2 Å². The highest BCUT2D eigenvalue weighted by atomic mass is 16.5. The molecule has 0 aromatic heterocycles. The molecule has 5 heteroatoms. The second kappa shape index (κ2) is 7.39. The molecule has 1 heterocycles. The molecule has 1 fully saturated rings. The van der Waals surface area contributed by atoms with Gasteiger partial charge in [-0.05, 0) is 43.9 Å². The SMILES string of the molecule is COC(=O)[C@]1(C)C[C@H](C(=O)NCC(C)(C)C)[C@H](c2ccccc2C)N1C. The average Bonchev–Trinajstić information content (AvgIpc) is 2.84. The number of esters is 1. The normalized spacial score (nSPS) is 26.6. The third-order valence-electron chi connectivity index (χ3n) is 5.46. The maximum atomic E-state index is 13.0. The molecule has 1 aliphatic rings. The fraction of sp³-hybridized carbons (Fsp3) is 0.619. The lowest BCUT2D eigenvalue weighted by molar-refractivity contribution is -0.152. The molecule has 1 amide bonds. The van der Waals surface area contributed by atoms with Crippen LogP contribution in [0.15, 0.2) is 24.3 Å². The van der Waals surface area contributed by atoms with Crippen molar-refractivity contribution < 1.29 is 14.3 Å². The Balaban J connectivity index is 2.40. The van der Waals surface area contributed by atoms with Gasteiger partial charge in [0.05, 0.1) is 13.0 Å². The summed E-state index contributed by atoms with van der Waals surface area (Å²) in [6.07, 6.45) is 0.436. The number of nitrogens with one attached hydrogen (secondary N) is 1. The molecular formula is C21H32N2O3. The zero-order chi connectivity index (χ0) is 19.7. The predicted octanol–water partition coefficient (Wildman–Crippen LogP) is 3.08. The van der Waals surface area contributed by atoms with Crippen LogP contribution in [-0.2, 0) is 14.3 Å². The molecule has 0 aliphatic carbocycles. The minimum Gasteiger partial charge on any atom is -0.468 e. The van der Waals surface area contributed by atoms with Gasteiger partial charge >= 0.3 is 5.97 Å². The van der Waals surface area contributed by atoms with Crippen LogP contribution in [0.25, 0.3) is 0 Å². The highest BCUT2D eigenvalue weighted by Gasteiger charge is 2.55. The van der Waals surface area contributed by atoms with E-state index in [-0.39, 0.29) is 29.3 Å². The van der Waals surface area contributed by atoms with Crippen molar-refractivity contribution in [3.63, 3.8) is 0 Å². The number of carbonyl (C=O) groups is 2. The maximum Gasteiger partial charge on any atom is 0.326 e. The van der Waals surface area contributed by atoms with Crippen LogP contribution in [0.5, 0.6) is 0 Å². The first-order valence-corrected chi connectivity index (χ1v) is 9.16. The molecule has 0 unspecified atom stereocenters. The van der Waals surface area contributed by atoms with Crippen LogP contribution in [0.2, 0.25) is 0 Å². The molecule has 2 rings (SSSR count). The zero-order valence-corrected chi connectivity index (χ0v) is 17.1. The van der Waals surface area contributed by atoms with Gasteiger partial charge in [-0.2, -0.15) is 0 Å². The number of aryl methyl sites for hydroxylation is 1. The third-order valence-corrected chi connectivity index (χ3v) is 5.46. The largest absolute Gasteiger partial charge is 0.468 e. The van der Waals surface area contributed by atoms with Gasteiger partial charge < -0.3 is 10.1 Å². The summed E-state index contributed by atoms with van der Waals surface area (Å²) in [5.74, 6) is -0.620. The molecule has 1 N–H and O–H groups in total. The second-order valence-corrected chi connectivity index (χ2v) is 8.77. The van der Waals surface area contributed by atoms with E-state index in [9.17, 15) is 9.59 Å². The molecule has 144 valence electrons. The Morgan fingerprint density at radius 1 is 1.31 bits per heavy atom. The van der Waals surface area contributed by atoms with E-state index in [1.165, 1.54) is 7.11 Å². The Hall–Kier alpha value is -1.88. The lowest BCUT2D eigenvalue weighted by Crippen LogP contribution is -2.47. The fourth-order valence-electron chi connectivity index (χ4n) is 3.77. The van der Waals surface area contributed by atoms with E-state index in [0.717, 1.165) is 11.1 Å². The van der Waals surface area contributed by atoms with Gasteiger partial charge in [0.25, 0.3) is 0 Å². The van der Waals surface area contributed by atoms with Crippen molar-refractivity contribution in [3.05, 3.63) is 35.4 Å². The van der Waals surface area contributed by atoms with Crippen LogP contribution in [-0.4, -0.2) is 43.0 Å². The van der Waals surface area contributed by atoms with Crippen LogP contribution in [0.3, 0.4) is 0 Å². The highest BCUT2D eigenvalue weighted by molar-refractivity contribution is 5.86. The molecule has 0 radical (unpaired) electrons. The van der Waals surface area contributed by atoms with Crippen molar-refractivity contribution in [2.45, 2.75) is 52.6 Å². The van der Waals surface area contributed by atoms with Crippen LogP contribution in [0.4, 0.5) is 0 Å². The van der Waals surface area contributed by atoms with E-state index in [4.69, 9.17) is 4.74 Å². The lowest BCUT2D eigenvalue weighted by Gasteiger charge is -2.33. The van der Waals surface area contributed by atoms with Crippen LogP contribution < -0.4 is 5.32 Å². The summed E-state index contributed by atoms with van der Waals surface area (Å²) in [5, 5.41) is 3.08. The van der Waals surface area contributed by atoms with Crippen molar-refractivity contribution in [3.8, 4) is 0 Å². The van der Waals surface area contributed by atoms with Crippen molar-refractivity contribution in [1.29, 1.82) is 0 Å². The van der Waals surface area contributed by atoms with Gasteiger partial charge in [-0.15, -0.1) is 0 Å². The molecule has 3 atom stereocenters. The summed E-state index contributed by atoms with van der Waals surface area (Å²) < 4.78 is 5.05. The minimum absolute atomic E-state index is 0.00395. The number of likely N-dealkylation sites (tertiary alicyclic amines) is 1. The smallest absolute Gasteiger partial charge is 0.326 e. The Bertz CT molecular complexity index is 680. The monoisotopic (exact) mass is 360 g/mol. The number of likely N-dealkylation sites (N-methyl/N-ethyl adjacent to an activating group) is 1. The number of hydrogen-bond donors (Lipinski definition) is 1. The number of ether oxygens (including phenoxy) is 1. The summed E-state index contributed by atoms with van der Waals surface area (Å²) in [7, 11) is 3.31. The second-order valence-electron chi connectivity index (χ2n) is 8.77. The Labute approximate surface area is 157 Å². The number of hydrogen-bond acceptors (Lipinski definition) is 4. The molecule has 0 bridgehead atoms. The van der Waals surface area contributed by atoms with Crippen molar-refractivity contribution >= 4 is 11.9 Å². The van der Waals surface area contributed by atoms with E-state index in [2.05, 4.69) is 26.1 Å². The first kappa shape index (κ1) is 20.4. The fourth-order valence-corrected chi connectivity index (χ4v) is 3.77. The number of nitrogens with zero attached hydrogens (tertiary/aromatic N) is 1. The third kappa shape index (κ3) is 3.93. The number of carbonyl (C=O) groups excluding carboxylic acids is 2. The number of amides is 1. The number of rotatable bonds is 4. The van der Waals surface area contributed by atoms with E-state index < -0.39 is 5.54 Å². The number of methoxy groups -OCH3 is 1. The topological polar surface area (TPSA) is 58.6 Å². The van der Waals surface area contributed by atoms with E-state index >= 15 is 0 Å². The Kier molecular flexibility index (Phi) is 5.81. The molecule has 1 saturated heterocycles. The van der Waals surface area contributed by atoms with Crippen molar-refractivity contribution in [2.75, 3.05) is 20.7 Å². The molecular weight excluding hydrogens is 328 g/mol. The van der Waals surface area contributed by atoms with Gasteiger partial charge in [-0.1, -0.05) is 45.0 Å². The van der Waals surface area contributed by atoms with E-state index in [1.807, 2.05) is 50.1 Å². The van der Waals surface area contributed by atoms with Gasteiger partial charge in [-0.3, -0.25) is 14.5 Å². The van der Waals surface area contributed by atoms with Crippen LogP contribution >= 0.6 is 0 Å². The van der Waals surface area contributed by atoms with E-state index in [1.54, 1.807) is 0 Å². The number of benzene rings is 1. The highest BCUT2D eigenvalue weighted by Crippen LogP contribution is 2.47. The Morgan fingerprint density at radius 3 is 2.46 bits per heavy atom. The van der Waals surface area contributed by atoms with Crippen LogP contribution in [0.1, 0.15) is 51.3 Å². The molecule has 1 aromatic rings. The first-order chi connectivity index (χ1) is 12.0.